The van der Waals surface area contributed by atoms with E-state index in [1.807, 2.05) is 54.7 Å². The van der Waals surface area contributed by atoms with Crippen molar-refractivity contribution in [2.45, 2.75) is 19.5 Å². The monoisotopic (exact) mass is 534 g/mol. The number of aromatic nitrogens is 4. The Bertz CT molecular complexity index is 2300. The van der Waals surface area contributed by atoms with Crippen LogP contribution >= 0.6 is 0 Å². The molecule has 7 heterocycles. The van der Waals surface area contributed by atoms with Crippen LogP contribution in [0.1, 0.15) is 22.5 Å². The molecule has 10 rings (SSSR count). The van der Waals surface area contributed by atoms with Gasteiger partial charge in [-0.25, -0.2) is 0 Å². The highest BCUT2D eigenvalue weighted by molar-refractivity contribution is 6.05. The predicted molar refractivity (Wildman–Crippen MR) is 151 cm³/mol. The average molecular weight is 535 g/mol. The maximum absolute atomic E-state index is 6.55. The Morgan fingerprint density at radius 1 is 0.756 bits per heavy atom. The van der Waals surface area contributed by atoms with Gasteiger partial charge in [0, 0.05) is 36.0 Å². The fraction of sp³-hybridized carbons (Fsp3) is 0.0882. The number of rotatable bonds is 1. The van der Waals surface area contributed by atoms with Crippen LogP contribution in [0.25, 0.3) is 38.9 Å². The number of fused-ring (bicyclic) bond motifs is 6. The standard InChI is InChI=1S/C34H22N4O3/c1-19-31(23-17-29-22(18-35-23)21-9-3-4-11-25(21)39-29)20(2)38-34-32-24(37(19)38)10-7-12-26(32)40-27-13-8-14-28(33(27)34)41-30-15-5-6-16-36(30)34/h3-18H,1-2H3/q+2. The van der Waals surface area contributed by atoms with Gasteiger partial charge in [-0.1, -0.05) is 34.9 Å². The molecule has 3 aromatic carbocycles. The highest BCUT2D eigenvalue weighted by Crippen LogP contribution is 2.56. The number of nitrogens with zero attached hydrogens (tertiary/aromatic N) is 4. The Balaban J connectivity index is 1.34. The van der Waals surface area contributed by atoms with Gasteiger partial charge in [0.25, 0.3) is 0 Å². The van der Waals surface area contributed by atoms with E-state index in [-0.39, 0.29) is 0 Å². The second-order valence-electron chi connectivity index (χ2n) is 10.9. The zero-order chi connectivity index (χ0) is 27.0. The summed E-state index contributed by atoms with van der Waals surface area (Å²) in [5.74, 6) is 3.19. The summed E-state index contributed by atoms with van der Waals surface area (Å²) in [6.07, 6.45) is 4.04. The minimum absolute atomic E-state index is 0.749. The molecule has 0 amide bonds. The van der Waals surface area contributed by atoms with Crippen LogP contribution in [0.5, 0.6) is 23.1 Å². The van der Waals surface area contributed by atoms with Gasteiger partial charge in [0.05, 0.1) is 23.0 Å². The normalized spacial score (nSPS) is 17.0. The average Bonchev–Trinajstić information content (AvgIpc) is 3.61. The SMILES string of the molecule is Cc1c(-c2cc3oc4ccccc4c3cn2)c(C)[n+]2n1-c1cccc3c1C21c2c(cccc2Oc2cccc[n+]21)O3. The molecule has 0 radical (unpaired) electrons. The number of pyridine rings is 2. The molecular formula is C34H22N4O3+2. The minimum atomic E-state index is -0.749. The van der Waals surface area contributed by atoms with Crippen molar-refractivity contribution in [1.82, 2.24) is 9.67 Å². The van der Waals surface area contributed by atoms with E-state index in [0.717, 1.165) is 84.5 Å². The molecule has 7 heteroatoms. The molecule has 41 heavy (non-hydrogen) atoms. The van der Waals surface area contributed by atoms with Gasteiger partial charge in [0.1, 0.15) is 28.4 Å². The van der Waals surface area contributed by atoms with E-state index in [2.05, 4.69) is 70.4 Å². The lowest BCUT2D eigenvalue weighted by molar-refractivity contribution is -0.999. The van der Waals surface area contributed by atoms with Gasteiger partial charge in [-0.2, -0.15) is 0 Å². The number of para-hydroxylation sites is 1. The van der Waals surface area contributed by atoms with Crippen molar-refractivity contribution in [3.8, 4) is 40.1 Å². The summed E-state index contributed by atoms with van der Waals surface area (Å²) in [5.41, 5.74) is 8.23. The molecule has 0 N–H and O–H groups in total. The number of benzene rings is 3. The number of furan rings is 1. The first-order valence-electron chi connectivity index (χ1n) is 13.7. The maximum Gasteiger partial charge on any atom is 0.452 e. The minimum Gasteiger partial charge on any atom is -0.456 e. The lowest BCUT2D eigenvalue weighted by Gasteiger charge is -2.31. The van der Waals surface area contributed by atoms with Gasteiger partial charge in [0.2, 0.25) is 5.69 Å². The number of ether oxygens (including phenoxy) is 2. The summed E-state index contributed by atoms with van der Waals surface area (Å²) >= 11 is 0. The predicted octanol–water partition coefficient (Wildman–Crippen LogP) is 6.45. The Morgan fingerprint density at radius 2 is 1.54 bits per heavy atom. The summed E-state index contributed by atoms with van der Waals surface area (Å²) in [4.78, 5) is 5.00. The smallest absolute Gasteiger partial charge is 0.452 e. The molecule has 7 aromatic rings. The molecule has 3 aliphatic rings. The molecule has 194 valence electrons. The van der Waals surface area contributed by atoms with Gasteiger partial charge in [-0.15, -0.1) is 4.68 Å². The molecule has 1 spiro atoms. The third-order valence-electron chi connectivity index (χ3n) is 8.91. The zero-order valence-electron chi connectivity index (χ0n) is 22.3. The molecular weight excluding hydrogens is 512 g/mol. The second-order valence-corrected chi connectivity index (χ2v) is 10.9. The first-order chi connectivity index (χ1) is 20.2. The number of hydrogen-bond donors (Lipinski definition) is 0. The maximum atomic E-state index is 6.55. The molecule has 3 aliphatic heterocycles. The molecule has 0 saturated heterocycles. The highest BCUT2D eigenvalue weighted by atomic mass is 16.5. The topological polar surface area (TPSA) is 57.2 Å². The summed E-state index contributed by atoms with van der Waals surface area (Å²) in [7, 11) is 0. The van der Waals surface area contributed by atoms with Gasteiger partial charge in [-0.3, -0.25) is 4.98 Å². The van der Waals surface area contributed by atoms with Crippen molar-refractivity contribution < 1.29 is 23.1 Å². The van der Waals surface area contributed by atoms with Gasteiger partial charge in [0.15, 0.2) is 23.1 Å². The molecule has 7 nitrogen and oxygen atoms in total. The third-order valence-corrected chi connectivity index (χ3v) is 8.91. The summed E-state index contributed by atoms with van der Waals surface area (Å²) in [6.45, 7) is 4.35. The molecule has 0 fully saturated rings. The van der Waals surface area contributed by atoms with E-state index in [4.69, 9.17) is 18.9 Å². The van der Waals surface area contributed by atoms with Crippen molar-refractivity contribution in [1.29, 1.82) is 0 Å². The Labute approximate surface area is 234 Å². The van der Waals surface area contributed by atoms with E-state index in [1.54, 1.807) is 0 Å². The lowest BCUT2D eigenvalue weighted by atomic mass is 9.85. The Morgan fingerprint density at radius 3 is 2.44 bits per heavy atom. The molecule has 0 aliphatic carbocycles. The second kappa shape index (κ2) is 7.01. The Hall–Kier alpha value is -5.43. The van der Waals surface area contributed by atoms with Crippen molar-refractivity contribution in [2.24, 2.45) is 0 Å². The molecule has 0 bridgehead atoms. The summed E-state index contributed by atoms with van der Waals surface area (Å²) in [6, 6.07) is 28.6. The van der Waals surface area contributed by atoms with Crippen molar-refractivity contribution >= 4 is 21.9 Å². The molecule has 1 unspecified atom stereocenters. The first-order valence-corrected chi connectivity index (χ1v) is 13.7. The lowest BCUT2D eigenvalue weighted by Crippen LogP contribution is -2.76. The van der Waals surface area contributed by atoms with Crippen molar-refractivity contribution in [3.63, 3.8) is 0 Å². The van der Waals surface area contributed by atoms with E-state index < -0.39 is 5.66 Å². The first kappa shape index (κ1) is 21.4. The van der Waals surface area contributed by atoms with Crippen LogP contribution in [0.2, 0.25) is 0 Å². The van der Waals surface area contributed by atoms with Gasteiger partial charge >= 0.3 is 11.5 Å². The molecule has 4 aromatic heterocycles. The van der Waals surface area contributed by atoms with E-state index in [1.165, 1.54) is 0 Å². The van der Waals surface area contributed by atoms with E-state index in [0.29, 0.717) is 0 Å². The van der Waals surface area contributed by atoms with Crippen molar-refractivity contribution in [2.75, 3.05) is 0 Å². The van der Waals surface area contributed by atoms with Crippen LogP contribution in [0.4, 0.5) is 0 Å². The van der Waals surface area contributed by atoms with E-state index in [9.17, 15) is 0 Å². The van der Waals surface area contributed by atoms with Crippen LogP contribution in [0.15, 0.2) is 102 Å². The van der Waals surface area contributed by atoms with Crippen LogP contribution in [-0.2, 0) is 5.66 Å². The van der Waals surface area contributed by atoms with Gasteiger partial charge in [-0.05, 0) is 48.0 Å². The van der Waals surface area contributed by atoms with Crippen LogP contribution in [0.3, 0.4) is 0 Å². The van der Waals surface area contributed by atoms with E-state index >= 15 is 0 Å². The summed E-state index contributed by atoms with van der Waals surface area (Å²) < 4.78 is 26.2. The number of hydrogen-bond acceptors (Lipinski definition) is 4. The van der Waals surface area contributed by atoms with Crippen LogP contribution in [-0.4, -0.2) is 9.67 Å². The van der Waals surface area contributed by atoms with Crippen molar-refractivity contribution in [3.05, 3.63) is 120 Å². The fourth-order valence-electron chi connectivity index (χ4n) is 7.42. The summed E-state index contributed by atoms with van der Waals surface area (Å²) in [5, 5.41) is 2.09. The van der Waals surface area contributed by atoms with Crippen LogP contribution < -0.4 is 18.7 Å². The van der Waals surface area contributed by atoms with Gasteiger partial charge < -0.3 is 13.9 Å². The third kappa shape index (κ3) is 2.33. The quantitative estimate of drug-likeness (QED) is 0.227. The molecule has 0 saturated carbocycles. The largest absolute Gasteiger partial charge is 0.456 e. The zero-order valence-corrected chi connectivity index (χ0v) is 22.3. The highest BCUT2D eigenvalue weighted by Gasteiger charge is 2.72. The Kier molecular flexibility index (Phi) is 3.66. The van der Waals surface area contributed by atoms with Crippen LogP contribution in [0, 0.1) is 13.8 Å². The fourth-order valence-corrected chi connectivity index (χ4v) is 7.42. The molecule has 1 atom stereocenters.